The number of hydrogen-bond acceptors (Lipinski definition) is 5. The average molecular weight is 385 g/mol. The molecule has 0 saturated heterocycles. The molecule has 1 aliphatic carbocycles. The van der Waals surface area contributed by atoms with E-state index in [1.165, 1.54) is 18.6 Å². The molecule has 0 N–H and O–H groups in total. The van der Waals surface area contributed by atoms with Gasteiger partial charge in [0.25, 0.3) is 5.69 Å². The molecule has 143 valence electrons. The summed E-state index contributed by atoms with van der Waals surface area (Å²) in [7, 11) is 0. The third-order valence-corrected chi connectivity index (χ3v) is 5.26. The number of benzene rings is 2. The first-order valence-electron chi connectivity index (χ1n) is 9.46. The average Bonchev–Trinajstić information content (AvgIpc) is 3.07. The van der Waals surface area contributed by atoms with E-state index in [0.717, 1.165) is 35.4 Å². The van der Waals surface area contributed by atoms with Gasteiger partial charge in [0.05, 0.1) is 16.7 Å². The Labute approximate surface area is 166 Å². The molecule has 0 spiro atoms. The zero-order valence-electron chi connectivity index (χ0n) is 15.5. The van der Waals surface area contributed by atoms with Gasteiger partial charge in [0, 0.05) is 29.9 Å². The molecule has 0 aliphatic heterocycles. The van der Waals surface area contributed by atoms with Gasteiger partial charge in [-0.05, 0) is 43.2 Å². The highest BCUT2D eigenvalue weighted by atomic mass is 16.6. The van der Waals surface area contributed by atoms with E-state index in [9.17, 15) is 10.1 Å². The second-order valence-corrected chi connectivity index (χ2v) is 7.08. The Morgan fingerprint density at radius 2 is 1.97 bits per heavy atom. The summed E-state index contributed by atoms with van der Waals surface area (Å²) in [6, 6.07) is 13.7. The molecule has 7 heteroatoms. The fraction of sp³-hybridized carbons (Fsp3) is 0.182. The molecule has 0 bridgehead atoms. The molecule has 1 saturated carbocycles. The van der Waals surface area contributed by atoms with Gasteiger partial charge in [0.15, 0.2) is 0 Å². The Hall–Kier alpha value is -3.74. The summed E-state index contributed by atoms with van der Waals surface area (Å²) in [5, 5.41) is 10.9. The lowest BCUT2D eigenvalue weighted by Crippen LogP contribution is -2.12. The monoisotopic (exact) mass is 385 g/mol. The number of nitro benzene ring substituents is 1. The molecule has 1 radical (unpaired) electrons. The fourth-order valence-corrected chi connectivity index (χ4v) is 3.54. The Kier molecular flexibility index (Phi) is 4.20. The molecule has 1 fully saturated rings. The van der Waals surface area contributed by atoms with E-state index in [4.69, 9.17) is 9.72 Å². The summed E-state index contributed by atoms with van der Waals surface area (Å²) in [4.78, 5) is 19.5. The van der Waals surface area contributed by atoms with Crippen LogP contribution in [0.4, 0.5) is 5.69 Å². The molecule has 7 nitrogen and oxygen atoms in total. The molecule has 5 rings (SSSR count). The van der Waals surface area contributed by atoms with Gasteiger partial charge in [-0.3, -0.25) is 19.5 Å². The minimum absolute atomic E-state index is 0.00448. The summed E-state index contributed by atoms with van der Waals surface area (Å²) in [6.45, 7) is 0. The number of hydrogen-bond donors (Lipinski definition) is 0. The van der Waals surface area contributed by atoms with Gasteiger partial charge < -0.3 is 4.74 Å². The third kappa shape index (κ3) is 3.20. The molecule has 1 aliphatic rings. The third-order valence-electron chi connectivity index (χ3n) is 5.26. The van der Waals surface area contributed by atoms with Crippen molar-refractivity contribution in [1.29, 1.82) is 0 Å². The molecule has 0 atom stereocenters. The highest BCUT2D eigenvalue weighted by Crippen LogP contribution is 2.38. The molecular formula is C22H17N4O3. The van der Waals surface area contributed by atoms with Crippen LogP contribution in [0.1, 0.15) is 31.0 Å². The molecule has 2 aromatic carbocycles. The number of nitro groups is 1. The second-order valence-electron chi connectivity index (χ2n) is 7.08. The lowest BCUT2D eigenvalue weighted by Gasteiger charge is -2.23. The number of rotatable bonds is 5. The van der Waals surface area contributed by atoms with Crippen LogP contribution in [0.15, 0.2) is 60.9 Å². The van der Waals surface area contributed by atoms with Gasteiger partial charge in [-0.2, -0.15) is 0 Å². The van der Waals surface area contributed by atoms with Crippen molar-refractivity contribution >= 4 is 11.2 Å². The Balaban J connectivity index is 1.45. The van der Waals surface area contributed by atoms with Gasteiger partial charge in [-0.15, -0.1) is 0 Å². The van der Waals surface area contributed by atoms with Gasteiger partial charge in [-0.1, -0.05) is 12.5 Å². The maximum Gasteiger partial charge on any atom is 0.273 e. The normalized spacial score (nSPS) is 13.9. The summed E-state index contributed by atoms with van der Waals surface area (Å²) in [6.07, 6.45) is 10.3. The number of aromatic nitrogens is 3. The standard InChI is InChI=1S/C22H17N4O3/c27-26(28)17-5-2-6-19(13-17)29-18-9-7-15(8-10-18)21-20-14-23-11-12-25(20)22(24-21)16-3-1-4-16/h2,5-13,16H,1,3-4H2. The van der Waals surface area contributed by atoms with Crippen LogP contribution in [0, 0.1) is 16.3 Å². The summed E-state index contributed by atoms with van der Waals surface area (Å²) >= 11 is 0. The largest absolute Gasteiger partial charge is 0.457 e. The van der Waals surface area contributed by atoms with Crippen molar-refractivity contribution in [2.45, 2.75) is 25.2 Å². The van der Waals surface area contributed by atoms with Gasteiger partial charge in [0.1, 0.15) is 29.0 Å². The molecule has 29 heavy (non-hydrogen) atoms. The van der Waals surface area contributed by atoms with Crippen LogP contribution < -0.4 is 4.74 Å². The van der Waals surface area contributed by atoms with E-state index in [-0.39, 0.29) is 5.69 Å². The number of fused-ring (bicyclic) bond motifs is 1. The minimum Gasteiger partial charge on any atom is -0.457 e. The van der Waals surface area contributed by atoms with Crippen LogP contribution >= 0.6 is 0 Å². The topological polar surface area (TPSA) is 82.6 Å². The van der Waals surface area contributed by atoms with E-state index in [2.05, 4.69) is 15.6 Å². The van der Waals surface area contributed by atoms with Crippen LogP contribution in [0.25, 0.3) is 16.8 Å². The summed E-state index contributed by atoms with van der Waals surface area (Å²) < 4.78 is 7.85. The van der Waals surface area contributed by atoms with E-state index in [1.54, 1.807) is 18.3 Å². The number of nitrogens with zero attached hydrogens (tertiary/aromatic N) is 4. The molecular weight excluding hydrogens is 368 g/mol. The maximum absolute atomic E-state index is 10.9. The number of ether oxygens (including phenoxy) is 1. The van der Waals surface area contributed by atoms with Crippen LogP contribution in [-0.4, -0.2) is 19.3 Å². The van der Waals surface area contributed by atoms with Crippen molar-refractivity contribution in [3.63, 3.8) is 0 Å². The first-order valence-corrected chi connectivity index (χ1v) is 9.46. The highest BCUT2D eigenvalue weighted by molar-refractivity contribution is 5.77. The van der Waals surface area contributed by atoms with Crippen LogP contribution in [0.3, 0.4) is 0 Å². The van der Waals surface area contributed by atoms with E-state index in [0.29, 0.717) is 17.4 Å². The van der Waals surface area contributed by atoms with Gasteiger partial charge >= 0.3 is 0 Å². The fourth-order valence-electron chi connectivity index (χ4n) is 3.54. The lowest BCUT2D eigenvalue weighted by atomic mass is 9.85. The summed E-state index contributed by atoms with van der Waals surface area (Å²) in [5.41, 5.74) is 2.66. The Bertz CT molecular complexity index is 1200. The van der Waals surface area contributed by atoms with E-state index >= 15 is 0 Å². The van der Waals surface area contributed by atoms with Crippen molar-refractivity contribution < 1.29 is 9.66 Å². The number of non-ortho nitro benzene ring substituents is 1. The predicted molar refractivity (Wildman–Crippen MR) is 107 cm³/mol. The molecule has 0 amide bonds. The predicted octanol–water partition coefficient (Wildman–Crippen LogP) is 5.16. The maximum atomic E-state index is 10.9. The Morgan fingerprint density at radius 3 is 2.69 bits per heavy atom. The van der Waals surface area contributed by atoms with Crippen LogP contribution in [0.2, 0.25) is 0 Å². The first kappa shape index (κ1) is 17.4. The zero-order valence-corrected chi connectivity index (χ0v) is 15.5. The van der Waals surface area contributed by atoms with Crippen LogP contribution in [-0.2, 0) is 0 Å². The van der Waals surface area contributed by atoms with Crippen molar-refractivity contribution in [1.82, 2.24) is 14.4 Å². The molecule has 0 unspecified atom stereocenters. The lowest BCUT2D eigenvalue weighted by molar-refractivity contribution is -0.384. The molecule has 4 aromatic rings. The van der Waals surface area contributed by atoms with E-state index in [1.807, 2.05) is 30.5 Å². The van der Waals surface area contributed by atoms with Gasteiger partial charge in [0.2, 0.25) is 0 Å². The van der Waals surface area contributed by atoms with Crippen molar-refractivity contribution in [2.75, 3.05) is 0 Å². The first-order chi connectivity index (χ1) is 14.2. The SMILES string of the molecule is O=[N+]([O-])c1cccc(Oc2ccc(-c3nc(C4CCC4)n4ccn[c]c34)cc2)c1. The van der Waals surface area contributed by atoms with Crippen LogP contribution in [0.5, 0.6) is 11.5 Å². The zero-order chi connectivity index (χ0) is 19.8. The Morgan fingerprint density at radius 1 is 1.14 bits per heavy atom. The quantitative estimate of drug-likeness (QED) is 0.350. The second kappa shape index (κ2) is 7.01. The highest BCUT2D eigenvalue weighted by Gasteiger charge is 2.26. The minimum atomic E-state index is -0.440. The molecule has 2 heterocycles. The van der Waals surface area contributed by atoms with E-state index < -0.39 is 4.92 Å². The van der Waals surface area contributed by atoms with Gasteiger partial charge in [-0.25, -0.2) is 4.98 Å². The molecule has 2 aromatic heterocycles. The van der Waals surface area contributed by atoms with Crippen molar-refractivity contribution in [3.05, 3.63) is 83.1 Å². The smallest absolute Gasteiger partial charge is 0.273 e. The summed E-state index contributed by atoms with van der Waals surface area (Å²) in [5.74, 6) is 2.57. The number of imidazole rings is 1. The van der Waals surface area contributed by atoms with Crippen molar-refractivity contribution in [3.8, 4) is 22.8 Å². The van der Waals surface area contributed by atoms with Crippen molar-refractivity contribution in [2.24, 2.45) is 0 Å².